The lowest BCUT2D eigenvalue weighted by Gasteiger charge is -2.15. The lowest BCUT2D eigenvalue weighted by atomic mass is 9.99. The molecule has 2 heterocycles. The molecule has 0 aliphatic heterocycles. The van der Waals surface area contributed by atoms with E-state index in [1.54, 1.807) is 26.2 Å². The van der Waals surface area contributed by atoms with E-state index in [1.807, 2.05) is 61.8 Å². The predicted molar refractivity (Wildman–Crippen MR) is 150 cm³/mol. The highest BCUT2D eigenvalue weighted by molar-refractivity contribution is 6.34. The average Bonchev–Trinajstić information content (AvgIpc) is 2.92. The number of nitrogens with two attached hydrogens (primary N) is 1. The zero-order chi connectivity index (χ0) is 26.5. The minimum Gasteiger partial charge on any atom is -0.315 e. The molecule has 4 rings (SSSR count). The Bertz CT molecular complexity index is 1570. The van der Waals surface area contributed by atoms with Crippen LogP contribution in [0, 0.1) is 24.2 Å². The highest BCUT2D eigenvalue weighted by atomic mass is 35.5. The predicted octanol–water partition coefficient (Wildman–Crippen LogP) is 4.03. The molecule has 0 bridgehead atoms. The summed E-state index contributed by atoms with van der Waals surface area (Å²) in [4.78, 5) is 21.5. The van der Waals surface area contributed by atoms with Crippen LogP contribution in [0.1, 0.15) is 29.4 Å². The van der Waals surface area contributed by atoms with Crippen LogP contribution in [0.4, 0.5) is 11.5 Å². The number of carbonyl (C=O) groups excluding carboxylic acids is 1. The number of amides is 1. The maximum atomic E-state index is 12.6. The number of hydrogen-bond acceptors (Lipinski definition) is 5. The maximum Gasteiger partial charge on any atom is 0.242 e. The molecule has 1 unspecified atom stereocenters. The Hall–Kier alpha value is -4.09. The zero-order valence-corrected chi connectivity index (χ0v) is 21.9. The first-order chi connectivity index (χ1) is 17.9. The average molecular weight is 512 g/mol. The molecule has 0 aliphatic rings. The molecular formula is C29H28ClN6O+. The van der Waals surface area contributed by atoms with Crippen LogP contribution in [0.25, 0.3) is 21.9 Å². The van der Waals surface area contributed by atoms with E-state index in [2.05, 4.69) is 32.4 Å². The Balaban J connectivity index is 1.86. The quantitative estimate of drug-likeness (QED) is 0.178. The molecule has 2 aromatic carbocycles. The highest BCUT2D eigenvalue weighted by Crippen LogP contribution is 2.36. The third-order valence-corrected chi connectivity index (χ3v) is 6.58. The van der Waals surface area contributed by atoms with Gasteiger partial charge in [-0.1, -0.05) is 29.7 Å². The fraction of sp³-hybridized carbons (Fsp3) is 0.172. The standard InChI is InChI=1S/C29H27ClN6O/c1-17-22-10-8-19(14-20(22)12-13-34-17)9-11-25-27(30)24(15-26(35-25)36-29(37)18(2)32-3)23-7-5-6-21(16-31)28(23)33-4/h5-8,10,12-16,18,31-33H,1-4H3,(H,35,36,37)/p+1. The normalized spacial score (nSPS) is 11.5. The number of para-hydroxylation sites is 1. The van der Waals surface area contributed by atoms with Gasteiger partial charge in [0.25, 0.3) is 0 Å². The summed E-state index contributed by atoms with van der Waals surface area (Å²) in [5.41, 5.74) is 5.24. The number of aromatic nitrogens is 2. The molecule has 1 atom stereocenters. The first-order valence-electron chi connectivity index (χ1n) is 11.9. The van der Waals surface area contributed by atoms with E-state index in [9.17, 15) is 4.79 Å². The van der Waals surface area contributed by atoms with E-state index in [0.29, 0.717) is 22.1 Å². The number of halogens is 1. The number of quaternary nitrogens is 1. The number of nitrogens with zero attached hydrogens (tertiary/aromatic N) is 2. The molecule has 0 saturated carbocycles. The van der Waals surface area contributed by atoms with Crippen molar-refractivity contribution in [3.05, 3.63) is 82.3 Å². The van der Waals surface area contributed by atoms with Gasteiger partial charge in [-0.25, -0.2) is 4.98 Å². The molecule has 7 nitrogen and oxygen atoms in total. The van der Waals surface area contributed by atoms with Gasteiger partial charge in [0.05, 0.1) is 23.7 Å². The molecule has 0 aliphatic carbocycles. The number of hydrogen-bond donors (Lipinski definition) is 4. The summed E-state index contributed by atoms with van der Waals surface area (Å²) in [6, 6.07) is 14.9. The van der Waals surface area contributed by atoms with Gasteiger partial charge in [0, 0.05) is 40.2 Å². The number of anilines is 1. The van der Waals surface area contributed by atoms with Gasteiger partial charge in [0.2, 0.25) is 5.91 Å². The minimum absolute atomic E-state index is 0.226. The number of carbonyl (C=O) groups is 1. The first-order valence-corrected chi connectivity index (χ1v) is 12.2. The van der Waals surface area contributed by atoms with Crippen molar-refractivity contribution >= 4 is 46.0 Å². The SMILES string of the molecule is CNC(C)C(=O)Nc1cc(-c2cccc(C=N)c2[NH2+]C)c(Cl)c(C#Cc2ccc3c(C)nccc3c2)n1. The third kappa shape index (κ3) is 5.52. The topological polar surface area (TPSA) is 107 Å². The molecule has 0 spiro atoms. The number of nitrogens with one attached hydrogen (secondary N) is 3. The number of likely N-dealkylation sites (N-methyl/N-ethyl adjacent to an activating group) is 1. The number of aryl methyl sites for hydroxylation is 1. The largest absolute Gasteiger partial charge is 0.315 e. The van der Waals surface area contributed by atoms with Crippen LogP contribution >= 0.6 is 11.6 Å². The van der Waals surface area contributed by atoms with Gasteiger partial charge < -0.3 is 21.4 Å². The van der Waals surface area contributed by atoms with E-state index in [-0.39, 0.29) is 5.91 Å². The fourth-order valence-corrected chi connectivity index (χ4v) is 4.29. The van der Waals surface area contributed by atoms with Crippen LogP contribution in [0.15, 0.2) is 54.7 Å². The first kappa shape index (κ1) is 26.0. The smallest absolute Gasteiger partial charge is 0.242 e. The molecule has 186 valence electrons. The van der Waals surface area contributed by atoms with E-state index >= 15 is 0 Å². The van der Waals surface area contributed by atoms with Crippen LogP contribution in [0.5, 0.6) is 0 Å². The second-order valence-electron chi connectivity index (χ2n) is 8.54. The van der Waals surface area contributed by atoms with Crippen LogP contribution in [-0.2, 0) is 4.79 Å². The van der Waals surface area contributed by atoms with Crippen LogP contribution < -0.4 is 16.0 Å². The minimum atomic E-state index is -0.410. The van der Waals surface area contributed by atoms with E-state index in [4.69, 9.17) is 17.0 Å². The Kier molecular flexibility index (Phi) is 7.95. The lowest BCUT2D eigenvalue weighted by Crippen LogP contribution is -2.73. The van der Waals surface area contributed by atoms with E-state index < -0.39 is 6.04 Å². The summed E-state index contributed by atoms with van der Waals surface area (Å²) < 4.78 is 0. The molecule has 2 aromatic heterocycles. The molecule has 4 aromatic rings. The van der Waals surface area contributed by atoms with Gasteiger partial charge in [0.1, 0.15) is 17.2 Å². The molecule has 37 heavy (non-hydrogen) atoms. The molecule has 0 saturated heterocycles. The van der Waals surface area contributed by atoms with Gasteiger partial charge in [0.15, 0.2) is 0 Å². The molecule has 5 N–H and O–H groups in total. The highest BCUT2D eigenvalue weighted by Gasteiger charge is 2.19. The second-order valence-corrected chi connectivity index (χ2v) is 8.92. The molecule has 0 radical (unpaired) electrons. The summed E-state index contributed by atoms with van der Waals surface area (Å²) in [6.45, 7) is 3.74. The van der Waals surface area contributed by atoms with Crippen molar-refractivity contribution in [2.45, 2.75) is 19.9 Å². The van der Waals surface area contributed by atoms with E-state index in [1.165, 1.54) is 6.21 Å². The zero-order valence-electron chi connectivity index (χ0n) is 21.1. The lowest BCUT2D eigenvalue weighted by molar-refractivity contribution is -0.538. The second kappa shape index (κ2) is 11.3. The Morgan fingerprint density at radius 2 is 1.97 bits per heavy atom. The van der Waals surface area contributed by atoms with Gasteiger partial charge in [-0.2, -0.15) is 0 Å². The molecular weight excluding hydrogens is 484 g/mol. The summed E-state index contributed by atoms with van der Waals surface area (Å²) in [5, 5.41) is 18.0. The Morgan fingerprint density at radius 1 is 1.16 bits per heavy atom. The summed E-state index contributed by atoms with van der Waals surface area (Å²) in [7, 11) is 3.63. The number of benzene rings is 2. The van der Waals surface area contributed by atoms with Crippen LogP contribution in [0.2, 0.25) is 5.02 Å². The van der Waals surface area contributed by atoms with E-state index in [0.717, 1.165) is 38.8 Å². The number of pyridine rings is 2. The Labute approximate surface area is 221 Å². The van der Waals surface area contributed by atoms with Crippen molar-refractivity contribution in [2.75, 3.05) is 19.4 Å². The van der Waals surface area contributed by atoms with Gasteiger partial charge in [-0.15, -0.1) is 0 Å². The van der Waals surface area contributed by atoms with Crippen molar-refractivity contribution in [1.29, 1.82) is 5.41 Å². The van der Waals surface area contributed by atoms with Crippen LogP contribution in [-0.4, -0.2) is 42.2 Å². The fourth-order valence-electron chi connectivity index (χ4n) is 4.04. The molecule has 0 fully saturated rings. The van der Waals surface area contributed by atoms with Crippen molar-refractivity contribution in [1.82, 2.24) is 15.3 Å². The van der Waals surface area contributed by atoms with Gasteiger partial charge >= 0.3 is 0 Å². The monoisotopic (exact) mass is 511 g/mol. The van der Waals surface area contributed by atoms with Crippen LogP contribution in [0.3, 0.4) is 0 Å². The van der Waals surface area contributed by atoms with Crippen molar-refractivity contribution in [3.63, 3.8) is 0 Å². The van der Waals surface area contributed by atoms with Crippen molar-refractivity contribution < 1.29 is 10.1 Å². The molecule has 1 amide bonds. The third-order valence-electron chi connectivity index (χ3n) is 6.20. The van der Waals surface area contributed by atoms with Gasteiger partial charge in [-0.05, 0) is 68.6 Å². The van der Waals surface area contributed by atoms with Gasteiger partial charge in [-0.3, -0.25) is 9.78 Å². The number of rotatable bonds is 6. The summed E-state index contributed by atoms with van der Waals surface area (Å²) in [6.07, 6.45) is 3.09. The van der Waals surface area contributed by atoms with Crippen molar-refractivity contribution in [3.8, 4) is 23.0 Å². The Morgan fingerprint density at radius 3 is 2.70 bits per heavy atom. The van der Waals surface area contributed by atoms with Crippen molar-refractivity contribution in [2.24, 2.45) is 0 Å². The maximum absolute atomic E-state index is 12.6. The summed E-state index contributed by atoms with van der Waals surface area (Å²) >= 11 is 6.88. The molecule has 8 heteroatoms. The summed E-state index contributed by atoms with van der Waals surface area (Å²) in [5.74, 6) is 6.40. The number of fused-ring (bicyclic) bond motifs is 1.